The molecule has 0 aromatic heterocycles. The van der Waals surface area contributed by atoms with Crippen LogP contribution in [0.25, 0.3) is 0 Å². The van der Waals surface area contributed by atoms with Crippen LogP contribution in [0, 0.1) is 11.6 Å². The first-order valence-electron chi connectivity index (χ1n) is 5.86. The summed E-state index contributed by atoms with van der Waals surface area (Å²) >= 11 is 3.28. The predicted molar refractivity (Wildman–Crippen MR) is 70.7 cm³/mol. The molecule has 5 heteroatoms. The Bertz CT molecular complexity index is 406. The highest BCUT2D eigenvalue weighted by molar-refractivity contribution is 9.09. The van der Waals surface area contributed by atoms with Gasteiger partial charge in [0.1, 0.15) is 11.6 Å². The molecule has 0 fully saturated rings. The second-order valence-electron chi connectivity index (χ2n) is 3.98. The average Bonchev–Trinajstić information content (AvgIpc) is 2.32. The third-order valence-corrected chi connectivity index (χ3v) is 2.91. The van der Waals surface area contributed by atoms with Crippen molar-refractivity contribution in [2.45, 2.75) is 19.8 Å². The lowest BCUT2D eigenvalue weighted by Crippen LogP contribution is -2.34. The molecule has 18 heavy (non-hydrogen) atoms. The second kappa shape index (κ2) is 7.46. The Morgan fingerprint density at radius 2 is 2.06 bits per heavy atom. The van der Waals surface area contributed by atoms with E-state index in [4.69, 9.17) is 0 Å². The van der Waals surface area contributed by atoms with Gasteiger partial charge >= 0.3 is 0 Å². The minimum absolute atomic E-state index is 0.0287. The molecule has 1 aromatic rings. The van der Waals surface area contributed by atoms with Gasteiger partial charge in [0, 0.05) is 24.5 Å². The summed E-state index contributed by atoms with van der Waals surface area (Å²) in [5, 5.41) is 0.685. The van der Waals surface area contributed by atoms with Crippen LogP contribution in [0.1, 0.15) is 18.9 Å². The zero-order chi connectivity index (χ0) is 13.5. The Labute approximate surface area is 114 Å². The zero-order valence-electron chi connectivity index (χ0n) is 10.3. The third-order valence-electron chi connectivity index (χ3n) is 2.56. The fraction of sp³-hybridized carbons (Fsp3) is 0.462. The standard InChI is InChI=1S/C13H16BrF2NO/c1-2-6-17(7-5-14)13(18)8-10-3-4-11(15)9-12(10)16/h3-4,9H,2,5-8H2,1H3. The molecule has 0 aliphatic rings. The minimum atomic E-state index is -0.668. The Balaban J connectivity index is 2.72. The van der Waals surface area contributed by atoms with E-state index >= 15 is 0 Å². The summed E-state index contributed by atoms with van der Waals surface area (Å²) in [7, 11) is 0. The molecule has 0 heterocycles. The van der Waals surface area contributed by atoms with Crippen LogP contribution in [0.2, 0.25) is 0 Å². The molecule has 100 valence electrons. The Hall–Kier alpha value is -0.970. The van der Waals surface area contributed by atoms with E-state index in [1.165, 1.54) is 12.1 Å². The van der Waals surface area contributed by atoms with Gasteiger partial charge in [0.05, 0.1) is 6.42 Å². The van der Waals surface area contributed by atoms with Gasteiger partial charge in [0.25, 0.3) is 0 Å². The molecule has 2 nitrogen and oxygen atoms in total. The van der Waals surface area contributed by atoms with Crippen molar-refractivity contribution in [2.75, 3.05) is 18.4 Å². The lowest BCUT2D eigenvalue weighted by Gasteiger charge is -2.21. The first-order valence-corrected chi connectivity index (χ1v) is 6.98. The van der Waals surface area contributed by atoms with E-state index in [2.05, 4.69) is 15.9 Å². The van der Waals surface area contributed by atoms with Crippen molar-refractivity contribution in [2.24, 2.45) is 0 Å². The SMILES string of the molecule is CCCN(CCBr)C(=O)Cc1ccc(F)cc1F. The number of amides is 1. The van der Waals surface area contributed by atoms with Gasteiger partial charge in [-0.15, -0.1) is 0 Å². The smallest absolute Gasteiger partial charge is 0.227 e. The zero-order valence-corrected chi connectivity index (χ0v) is 11.8. The van der Waals surface area contributed by atoms with Crippen LogP contribution in [-0.4, -0.2) is 29.2 Å². The number of hydrogen-bond acceptors (Lipinski definition) is 1. The van der Waals surface area contributed by atoms with Gasteiger partial charge in [-0.1, -0.05) is 28.9 Å². The number of halogens is 3. The van der Waals surface area contributed by atoms with E-state index in [0.717, 1.165) is 12.5 Å². The van der Waals surface area contributed by atoms with Gasteiger partial charge in [-0.25, -0.2) is 8.78 Å². The maximum Gasteiger partial charge on any atom is 0.227 e. The van der Waals surface area contributed by atoms with Crippen LogP contribution < -0.4 is 0 Å². The highest BCUT2D eigenvalue weighted by Crippen LogP contribution is 2.11. The topological polar surface area (TPSA) is 20.3 Å². The highest BCUT2D eigenvalue weighted by Gasteiger charge is 2.15. The van der Waals surface area contributed by atoms with Crippen molar-refractivity contribution in [3.63, 3.8) is 0 Å². The molecule has 0 radical (unpaired) electrons. The number of rotatable bonds is 6. The fourth-order valence-electron chi connectivity index (χ4n) is 1.67. The lowest BCUT2D eigenvalue weighted by atomic mass is 10.1. The number of carbonyl (C=O) groups is 1. The summed E-state index contributed by atoms with van der Waals surface area (Å²) in [6, 6.07) is 3.29. The second-order valence-corrected chi connectivity index (χ2v) is 4.78. The number of alkyl halides is 1. The molecule has 0 saturated heterocycles. The lowest BCUT2D eigenvalue weighted by molar-refractivity contribution is -0.130. The van der Waals surface area contributed by atoms with E-state index < -0.39 is 11.6 Å². The number of nitrogens with zero attached hydrogens (tertiary/aromatic N) is 1. The molecule has 0 spiro atoms. The molecule has 1 amide bonds. The fourth-order valence-corrected chi connectivity index (χ4v) is 2.10. The van der Waals surface area contributed by atoms with E-state index in [0.29, 0.717) is 18.4 Å². The molecule has 0 aliphatic carbocycles. The minimum Gasteiger partial charge on any atom is -0.342 e. The summed E-state index contributed by atoms with van der Waals surface area (Å²) < 4.78 is 26.2. The van der Waals surface area contributed by atoms with Crippen LogP contribution in [0.4, 0.5) is 8.78 Å². The predicted octanol–water partition coefficient (Wildman–Crippen LogP) is 3.14. The molecule has 0 aliphatic heterocycles. The molecule has 0 unspecified atom stereocenters. The normalized spacial score (nSPS) is 10.4. The van der Waals surface area contributed by atoms with Crippen molar-refractivity contribution in [3.8, 4) is 0 Å². The van der Waals surface area contributed by atoms with E-state index in [-0.39, 0.29) is 17.9 Å². The Morgan fingerprint density at radius 3 is 2.61 bits per heavy atom. The number of hydrogen-bond donors (Lipinski definition) is 0. The molecular formula is C13H16BrF2NO. The first-order chi connectivity index (χ1) is 8.58. The molecular weight excluding hydrogens is 304 g/mol. The van der Waals surface area contributed by atoms with E-state index in [1.807, 2.05) is 6.92 Å². The third kappa shape index (κ3) is 4.37. The van der Waals surface area contributed by atoms with Crippen LogP contribution in [0.15, 0.2) is 18.2 Å². The van der Waals surface area contributed by atoms with Gasteiger partial charge in [-0.3, -0.25) is 4.79 Å². The van der Waals surface area contributed by atoms with Gasteiger partial charge in [0.2, 0.25) is 5.91 Å². The first kappa shape index (κ1) is 15.1. The summed E-state index contributed by atoms with van der Waals surface area (Å²) in [6.07, 6.45) is 0.823. The molecule has 0 N–H and O–H groups in total. The molecule has 1 aromatic carbocycles. The van der Waals surface area contributed by atoms with Gasteiger partial charge in [0.15, 0.2) is 0 Å². The van der Waals surface area contributed by atoms with Crippen LogP contribution in [0.3, 0.4) is 0 Å². The van der Waals surface area contributed by atoms with Crippen molar-refractivity contribution in [3.05, 3.63) is 35.4 Å². The van der Waals surface area contributed by atoms with Crippen LogP contribution in [-0.2, 0) is 11.2 Å². The van der Waals surface area contributed by atoms with Crippen molar-refractivity contribution in [1.29, 1.82) is 0 Å². The molecule has 1 rings (SSSR count). The highest BCUT2D eigenvalue weighted by atomic mass is 79.9. The monoisotopic (exact) mass is 319 g/mol. The molecule has 0 saturated carbocycles. The summed E-state index contributed by atoms with van der Waals surface area (Å²) in [5.41, 5.74) is 0.233. The number of carbonyl (C=O) groups excluding carboxylic acids is 1. The largest absolute Gasteiger partial charge is 0.342 e. The summed E-state index contributed by atoms with van der Waals surface area (Å²) in [6.45, 7) is 3.22. The van der Waals surface area contributed by atoms with E-state index in [1.54, 1.807) is 4.90 Å². The van der Waals surface area contributed by atoms with Crippen LogP contribution in [0.5, 0.6) is 0 Å². The Morgan fingerprint density at radius 1 is 1.33 bits per heavy atom. The van der Waals surface area contributed by atoms with Crippen LogP contribution >= 0.6 is 15.9 Å². The quantitative estimate of drug-likeness (QED) is 0.738. The maximum atomic E-state index is 13.4. The summed E-state index contributed by atoms with van der Waals surface area (Å²) in [5.74, 6) is -1.44. The average molecular weight is 320 g/mol. The molecule has 0 atom stereocenters. The Kier molecular flexibility index (Phi) is 6.25. The van der Waals surface area contributed by atoms with Crippen molar-refractivity contribution < 1.29 is 13.6 Å². The van der Waals surface area contributed by atoms with Gasteiger partial charge in [-0.2, -0.15) is 0 Å². The van der Waals surface area contributed by atoms with Gasteiger partial charge in [-0.05, 0) is 18.1 Å². The summed E-state index contributed by atoms with van der Waals surface area (Å²) in [4.78, 5) is 13.7. The van der Waals surface area contributed by atoms with Crippen molar-refractivity contribution in [1.82, 2.24) is 4.90 Å². The molecule has 0 bridgehead atoms. The van der Waals surface area contributed by atoms with Crippen molar-refractivity contribution >= 4 is 21.8 Å². The number of benzene rings is 1. The van der Waals surface area contributed by atoms with E-state index in [9.17, 15) is 13.6 Å². The van der Waals surface area contributed by atoms with Gasteiger partial charge < -0.3 is 4.90 Å². The maximum absolute atomic E-state index is 13.4.